The summed E-state index contributed by atoms with van der Waals surface area (Å²) in [7, 11) is 2.07. The molecule has 2 rings (SSSR count). The van der Waals surface area contributed by atoms with Crippen LogP contribution in [0.1, 0.15) is 39.0 Å². The van der Waals surface area contributed by atoms with E-state index in [1.165, 1.54) is 19.3 Å². The highest BCUT2D eigenvalue weighted by molar-refractivity contribution is 5.86. The third kappa shape index (κ3) is 3.08. The number of Topliss-reactive ketones (excluding diaryl/α,β-unsaturated/α-hetero) is 1. The van der Waals surface area contributed by atoms with Crippen molar-refractivity contribution in [3.8, 4) is 0 Å². The van der Waals surface area contributed by atoms with E-state index in [4.69, 9.17) is 4.74 Å². The lowest BCUT2D eigenvalue weighted by molar-refractivity contribution is -0.142. The lowest BCUT2D eigenvalue weighted by Gasteiger charge is -2.35. The summed E-state index contributed by atoms with van der Waals surface area (Å²) in [6, 6.07) is 0. The quantitative estimate of drug-likeness (QED) is 0.755. The first-order chi connectivity index (χ1) is 8.22. The van der Waals surface area contributed by atoms with Crippen LogP contribution in [0.5, 0.6) is 0 Å². The number of hydrogen-bond acceptors (Lipinski definition) is 3. The molecule has 1 aliphatic carbocycles. The van der Waals surface area contributed by atoms with Gasteiger partial charge in [0.05, 0.1) is 6.61 Å². The van der Waals surface area contributed by atoms with Gasteiger partial charge >= 0.3 is 0 Å². The van der Waals surface area contributed by atoms with E-state index in [2.05, 4.69) is 18.9 Å². The second-order valence-corrected chi connectivity index (χ2v) is 5.58. The largest absolute Gasteiger partial charge is 0.368 e. The average molecular weight is 239 g/mol. The van der Waals surface area contributed by atoms with Gasteiger partial charge in [0, 0.05) is 19.0 Å². The van der Waals surface area contributed by atoms with Crippen molar-refractivity contribution in [3.63, 3.8) is 0 Å². The Morgan fingerprint density at radius 3 is 2.82 bits per heavy atom. The van der Waals surface area contributed by atoms with E-state index >= 15 is 0 Å². The van der Waals surface area contributed by atoms with Crippen molar-refractivity contribution in [2.24, 2.45) is 11.8 Å². The highest BCUT2D eigenvalue weighted by Crippen LogP contribution is 2.34. The third-order valence-electron chi connectivity index (χ3n) is 4.39. The number of hydrogen-bond donors (Lipinski definition) is 0. The van der Waals surface area contributed by atoms with Gasteiger partial charge < -0.3 is 9.64 Å². The summed E-state index contributed by atoms with van der Waals surface area (Å²) in [5, 5.41) is 0. The molecule has 2 fully saturated rings. The first kappa shape index (κ1) is 13.0. The van der Waals surface area contributed by atoms with Gasteiger partial charge in [0.2, 0.25) is 0 Å². The monoisotopic (exact) mass is 239 g/mol. The van der Waals surface area contributed by atoms with E-state index in [0.29, 0.717) is 18.3 Å². The minimum absolute atomic E-state index is 0.161. The zero-order valence-electron chi connectivity index (χ0n) is 11.2. The van der Waals surface area contributed by atoms with Gasteiger partial charge in [-0.15, -0.1) is 0 Å². The summed E-state index contributed by atoms with van der Waals surface area (Å²) in [4.78, 5) is 14.7. The van der Waals surface area contributed by atoms with Gasteiger partial charge in [0.1, 0.15) is 6.10 Å². The van der Waals surface area contributed by atoms with Crippen LogP contribution in [-0.4, -0.2) is 43.5 Å². The Bertz CT molecular complexity index is 267. The Balaban J connectivity index is 1.97. The van der Waals surface area contributed by atoms with Crippen LogP contribution in [0.15, 0.2) is 0 Å². The van der Waals surface area contributed by atoms with Gasteiger partial charge in [-0.2, -0.15) is 0 Å². The first-order valence-electron chi connectivity index (χ1n) is 7.06. The molecule has 2 aliphatic rings. The second kappa shape index (κ2) is 5.96. The van der Waals surface area contributed by atoms with E-state index in [1.54, 1.807) is 0 Å². The minimum atomic E-state index is -0.161. The Morgan fingerprint density at radius 1 is 1.35 bits per heavy atom. The molecule has 3 atom stereocenters. The predicted octanol–water partition coefficient (Wildman–Crippen LogP) is 2.10. The molecule has 3 heteroatoms. The average Bonchev–Trinajstić information content (AvgIpc) is 2.38. The highest BCUT2D eigenvalue weighted by atomic mass is 16.5. The summed E-state index contributed by atoms with van der Waals surface area (Å²) >= 11 is 0. The SMILES string of the molecule is CCC1CCCCC1C(=O)C1CN(C)CCO1. The van der Waals surface area contributed by atoms with Crippen molar-refractivity contribution in [1.29, 1.82) is 0 Å². The Labute approximate surface area is 105 Å². The fourth-order valence-corrected chi connectivity index (χ4v) is 3.26. The molecule has 1 heterocycles. The molecule has 98 valence electrons. The number of rotatable bonds is 3. The van der Waals surface area contributed by atoms with Gasteiger partial charge in [0.15, 0.2) is 5.78 Å². The molecule has 0 aromatic rings. The molecule has 0 aromatic heterocycles. The van der Waals surface area contributed by atoms with E-state index in [-0.39, 0.29) is 12.0 Å². The van der Waals surface area contributed by atoms with E-state index in [1.807, 2.05) is 0 Å². The van der Waals surface area contributed by atoms with Crippen LogP contribution in [-0.2, 0) is 9.53 Å². The molecule has 0 bridgehead atoms. The van der Waals surface area contributed by atoms with Crippen molar-refractivity contribution in [3.05, 3.63) is 0 Å². The molecule has 3 unspecified atom stereocenters. The molecule has 1 saturated carbocycles. The lowest BCUT2D eigenvalue weighted by Crippen LogP contribution is -2.47. The summed E-state index contributed by atoms with van der Waals surface area (Å²) in [5.74, 6) is 1.25. The zero-order chi connectivity index (χ0) is 12.3. The number of morpholine rings is 1. The van der Waals surface area contributed by atoms with E-state index < -0.39 is 0 Å². The fourth-order valence-electron chi connectivity index (χ4n) is 3.26. The van der Waals surface area contributed by atoms with Gasteiger partial charge in [-0.3, -0.25) is 4.79 Å². The molecule has 0 N–H and O–H groups in total. The lowest BCUT2D eigenvalue weighted by atomic mass is 9.74. The summed E-state index contributed by atoms with van der Waals surface area (Å²) in [6.07, 6.45) is 5.81. The maximum Gasteiger partial charge on any atom is 0.166 e. The van der Waals surface area contributed by atoms with E-state index in [9.17, 15) is 4.79 Å². The second-order valence-electron chi connectivity index (χ2n) is 5.58. The maximum absolute atomic E-state index is 12.5. The van der Waals surface area contributed by atoms with Gasteiger partial charge in [-0.25, -0.2) is 0 Å². The maximum atomic E-state index is 12.5. The number of nitrogens with zero attached hydrogens (tertiary/aromatic N) is 1. The van der Waals surface area contributed by atoms with E-state index in [0.717, 1.165) is 25.9 Å². The Kier molecular flexibility index (Phi) is 4.57. The molecule has 3 nitrogen and oxygen atoms in total. The standard InChI is InChI=1S/C14H25NO2/c1-3-11-6-4-5-7-12(11)14(16)13-10-15(2)8-9-17-13/h11-13H,3-10H2,1-2H3. The van der Waals surface area contributed by atoms with Crippen LogP contribution in [0.3, 0.4) is 0 Å². The van der Waals surface area contributed by atoms with Crippen molar-refractivity contribution in [2.45, 2.75) is 45.1 Å². The van der Waals surface area contributed by atoms with Crippen LogP contribution in [0.2, 0.25) is 0 Å². The van der Waals surface area contributed by atoms with Crippen LogP contribution >= 0.6 is 0 Å². The summed E-state index contributed by atoms with van der Waals surface area (Å²) in [5.41, 5.74) is 0. The van der Waals surface area contributed by atoms with Crippen LogP contribution < -0.4 is 0 Å². The molecule has 0 amide bonds. The highest BCUT2D eigenvalue weighted by Gasteiger charge is 2.35. The van der Waals surface area contributed by atoms with Crippen LogP contribution in [0.25, 0.3) is 0 Å². The molecular formula is C14H25NO2. The number of likely N-dealkylation sites (N-methyl/N-ethyl adjacent to an activating group) is 1. The molecular weight excluding hydrogens is 214 g/mol. The molecule has 1 aliphatic heterocycles. The van der Waals surface area contributed by atoms with Crippen molar-refractivity contribution < 1.29 is 9.53 Å². The number of ketones is 1. The smallest absolute Gasteiger partial charge is 0.166 e. The Morgan fingerprint density at radius 2 is 2.12 bits per heavy atom. The van der Waals surface area contributed by atoms with Crippen molar-refractivity contribution in [2.75, 3.05) is 26.7 Å². The number of carbonyl (C=O) groups excluding carboxylic acids is 1. The molecule has 17 heavy (non-hydrogen) atoms. The number of carbonyl (C=O) groups is 1. The molecule has 0 radical (unpaired) electrons. The third-order valence-corrected chi connectivity index (χ3v) is 4.39. The first-order valence-corrected chi connectivity index (χ1v) is 7.06. The van der Waals surface area contributed by atoms with Crippen LogP contribution in [0, 0.1) is 11.8 Å². The summed E-state index contributed by atoms with van der Waals surface area (Å²) < 4.78 is 5.66. The van der Waals surface area contributed by atoms with Crippen LogP contribution in [0.4, 0.5) is 0 Å². The minimum Gasteiger partial charge on any atom is -0.368 e. The Hall–Kier alpha value is -0.410. The fraction of sp³-hybridized carbons (Fsp3) is 0.929. The molecule has 1 saturated heterocycles. The van der Waals surface area contributed by atoms with Crippen molar-refractivity contribution in [1.82, 2.24) is 4.90 Å². The van der Waals surface area contributed by atoms with Gasteiger partial charge in [0.25, 0.3) is 0 Å². The topological polar surface area (TPSA) is 29.5 Å². The van der Waals surface area contributed by atoms with Gasteiger partial charge in [-0.1, -0.05) is 26.2 Å². The summed E-state index contributed by atoms with van der Waals surface area (Å²) in [6.45, 7) is 4.65. The predicted molar refractivity (Wildman–Crippen MR) is 68.0 cm³/mol. The molecule has 0 aromatic carbocycles. The number of ether oxygens (including phenoxy) is 1. The normalized spacial score (nSPS) is 35.8. The van der Waals surface area contributed by atoms with Gasteiger partial charge in [-0.05, 0) is 25.8 Å². The van der Waals surface area contributed by atoms with Crippen molar-refractivity contribution >= 4 is 5.78 Å². The zero-order valence-corrected chi connectivity index (χ0v) is 11.2. The molecule has 0 spiro atoms.